The minimum absolute atomic E-state index is 0.120. The Morgan fingerprint density at radius 1 is 1.53 bits per heavy atom. The van der Waals surface area contributed by atoms with Crippen LogP contribution in [0.3, 0.4) is 0 Å². The molecule has 0 heterocycles. The lowest BCUT2D eigenvalue weighted by molar-refractivity contribution is 0.177. The van der Waals surface area contributed by atoms with Gasteiger partial charge in [0, 0.05) is 6.54 Å². The molecule has 0 atom stereocenters. The number of carbonyl (C=O) groups is 1. The maximum absolute atomic E-state index is 11.2. The van der Waals surface area contributed by atoms with Crippen molar-refractivity contribution >= 4 is 16.3 Å². The Morgan fingerprint density at radius 3 is 2.53 bits per heavy atom. The highest BCUT2D eigenvalue weighted by Gasteiger charge is 2.41. The standard InChI is InChI=1S/C7H15N3O4S/c1-14-6(11)10-15(12,13)9-5-7(4-8)2-3-7/h9H,2-5,8H2,1H3,(H,10,11). The average Bonchev–Trinajstić information content (AvgIpc) is 2.95. The molecule has 1 aliphatic carbocycles. The van der Waals surface area contributed by atoms with E-state index in [0.717, 1.165) is 20.0 Å². The summed E-state index contributed by atoms with van der Waals surface area (Å²) < 4.78 is 30.6. The predicted molar refractivity (Wildman–Crippen MR) is 53.2 cm³/mol. The Labute approximate surface area is 88.5 Å². The lowest BCUT2D eigenvalue weighted by Gasteiger charge is -2.13. The van der Waals surface area contributed by atoms with E-state index < -0.39 is 16.3 Å². The van der Waals surface area contributed by atoms with Gasteiger partial charge in [-0.2, -0.15) is 13.1 Å². The van der Waals surface area contributed by atoms with Crippen molar-refractivity contribution in [3.8, 4) is 0 Å². The van der Waals surface area contributed by atoms with Gasteiger partial charge in [-0.25, -0.2) is 9.52 Å². The number of rotatable bonds is 5. The second-order valence-corrected chi connectivity index (χ2v) is 5.12. The molecule has 15 heavy (non-hydrogen) atoms. The third kappa shape index (κ3) is 3.65. The van der Waals surface area contributed by atoms with Gasteiger partial charge in [-0.15, -0.1) is 0 Å². The molecule has 7 nitrogen and oxygen atoms in total. The Morgan fingerprint density at radius 2 is 2.13 bits per heavy atom. The molecule has 0 unspecified atom stereocenters. The molecule has 1 aliphatic rings. The summed E-state index contributed by atoms with van der Waals surface area (Å²) in [6.07, 6.45) is 0.800. The molecular formula is C7H15N3O4S. The van der Waals surface area contributed by atoms with E-state index >= 15 is 0 Å². The first-order valence-corrected chi connectivity index (χ1v) is 5.97. The topological polar surface area (TPSA) is 111 Å². The van der Waals surface area contributed by atoms with Gasteiger partial charge in [0.15, 0.2) is 0 Å². The largest absolute Gasteiger partial charge is 0.452 e. The maximum atomic E-state index is 11.2. The lowest BCUT2D eigenvalue weighted by atomic mass is 10.1. The minimum Gasteiger partial charge on any atom is -0.452 e. The summed E-state index contributed by atoms with van der Waals surface area (Å²) in [4.78, 5) is 10.7. The van der Waals surface area contributed by atoms with E-state index in [4.69, 9.17) is 5.73 Å². The van der Waals surface area contributed by atoms with Gasteiger partial charge in [-0.1, -0.05) is 0 Å². The van der Waals surface area contributed by atoms with Crippen molar-refractivity contribution < 1.29 is 17.9 Å². The number of carbonyl (C=O) groups excluding carboxylic acids is 1. The maximum Gasteiger partial charge on any atom is 0.421 e. The molecule has 0 aromatic heterocycles. The van der Waals surface area contributed by atoms with E-state index in [1.54, 1.807) is 4.72 Å². The fourth-order valence-corrected chi connectivity index (χ4v) is 1.94. The van der Waals surface area contributed by atoms with E-state index in [0.29, 0.717) is 6.54 Å². The number of nitrogens with one attached hydrogen (secondary N) is 2. The van der Waals surface area contributed by atoms with Crippen molar-refractivity contribution in [3.63, 3.8) is 0 Å². The number of ether oxygens (including phenoxy) is 1. The molecule has 0 aliphatic heterocycles. The summed E-state index contributed by atoms with van der Waals surface area (Å²) in [6, 6.07) is 0. The molecular weight excluding hydrogens is 222 g/mol. The van der Waals surface area contributed by atoms with Crippen molar-refractivity contribution in [2.24, 2.45) is 11.1 Å². The van der Waals surface area contributed by atoms with Crippen LogP contribution < -0.4 is 15.2 Å². The third-order valence-electron chi connectivity index (χ3n) is 2.43. The van der Waals surface area contributed by atoms with E-state index in [1.165, 1.54) is 0 Å². The molecule has 0 bridgehead atoms. The smallest absolute Gasteiger partial charge is 0.421 e. The number of nitrogens with two attached hydrogens (primary N) is 1. The van der Waals surface area contributed by atoms with Crippen LogP contribution in [0, 0.1) is 5.41 Å². The van der Waals surface area contributed by atoms with Crippen LogP contribution in [0.1, 0.15) is 12.8 Å². The third-order valence-corrected chi connectivity index (χ3v) is 3.39. The molecule has 88 valence electrons. The van der Waals surface area contributed by atoms with Gasteiger partial charge in [-0.3, -0.25) is 0 Å². The summed E-state index contributed by atoms with van der Waals surface area (Å²) >= 11 is 0. The van der Waals surface area contributed by atoms with Crippen LogP contribution in [-0.4, -0.2) is 34.7 Å². The van der Waals surface area contributed by atoms with Crippen LogP contribution in [0.2, 0.25) is 0 Å². The summed E-state index contributed by atoms with van der Waals surface area (Å²) in [5, 5.41) is 0. The molecule has 0 aromatic rings. The summed E-state index contributed by atoms with van der Waals surface area (Å²) in [5.74, 6) is 0. The molecule has 1 rings (SSSR count). The summed E-state index contributed by atoms with van der Waals surface area (Å²) in [5.41, 5.74) is 5.36. The van der Waals surface area contributed by atoms with Crippen LogP contribution >= 0.6 is 0 Å². The lowest BCUT2D eigenvalue weighted by Crippen LogP contribution is -2.43. The van der Waals surface area contributed by atoms with Gasteiger partial charge in [0.2, 0.25) is 0 Å². The van der Waals surface area contributed by atoms with Crippen molar-refractivity contribution in [2.45, 2.75) is 12.8 Å². The van der Waals surface area contributed by atoms with Gasteiger partial charge in [-0.05, 0) is 24.8 Å². The highest BCUT2D eigenvalue weighted by Crippen LogP contribution is 2.43. The molecule has 1 fully saturated rings. The average molecular weight is 237 g/mol. The Kier molecular flexibility index (Phi) is 3.53. The summed E-state index contributed by atoms with van der Waals surface area (Å²) in [7, 11) is -2.74. The first-order chi connectivity index (χ1) is 6.93. The van der Waals surface area contributed by atoms with Crippen molar-refractivity contribution in [1.29, 1.82) is 0 Å². The highest BCUT2D eigenvalue weighted by molar-refractivity contribution is 7.88. The van der Waals surface area contributed by atoms with Gasteiger partial charge in [0.1, 0.15) is 0 Å². The Balaban J connectivity index is 2.40. The molecule has 0 radical (unpaired) electrons. The van der Waals surface area contributed by atoms with Crippen molar-refractivity contribution in [1.82, 2.24) is 9.44 Å². The Hall–Kier alpha value is -0.860. The quantitative estimate of drug-likeness (QED) is 0.563. The number of hydrogen-bond donors (Lipinski definition) is 3. The van der Waals surface area contributed by atoms with Crippen LogP contribution in [0.4, 0.5) is 4.79 Å². The van der Waals surface area contributed by atoms with E-state index in [-0.39, 0.29) is 12.0 Å². The van der Waals surface area contributed by atoms with Gasteiger partial charge >= 0.3 is 16.3 Å². The molecule has 8 heteroatoms. The van der Waals surface area contributed by atoms with E-state index in [9.17, 15) is 13.2 Å². The fourth-order valence-electron chi connectivity index (χ4n) is 1.07. The molecule has 1 saturated carbocycles. The van der Waals surface area contributed by atoms with Crippen LogP contribution in [-0.2, 0) is 14.9 Å². The Bertz CT molecular complexity index is 336. The van der Waals surface area contributed by atoms with Gasteiger partial charge in [0.05, 0.1) is 7.11 Å². The molecule has 0 saturated heterocycles. The van der Waals surface area contributed by atoms with Crippen LogP contribution in [0.15, 0.2) is 0 Å². The van der Waals surface area contributed by atoms with Gasteiger partial charge in [0.25, 0.3) is 0 Å². The van der Waals surface area contributed by atoms with E-state index in [2.05, 4.69) is 9.46 Å². The van der Waals surface area contributed by atoms with Crippen LogP contribution in [0.5, 0.6) is 0 Å². The fraction of sp³-hybridized carbons (Fsp3) is 0.857. The first kappa shape index (κ1) is 12.2. The van der Waals surface area contributed by atoms with E-state index in [1.807, 2.05) is 0 Å². The molecule has 0 spiro atoms. The number of amides is 1. The zero-order chi connectivity index (χ0) is 11.5. The zero-order valence-corrected chi connectivity index (χ0v) is 9.26. The summed E-state index contributed by atoms with van der Waals surface area (Å²) in [6.45, 7) is 0.684. The minimum atomic E-state index is -3.83. The highest BCUT2D eigenvalue weighted by atomic mass is 32.2. The van der Waals surface area contributed by atoms with Crippen LogP contribution in [0.25, 0.3) is 0 Å². The van der Waals surface area contributed by atoms with Gasteiger partial charge < -0.3 is 10.5 Å². The second-order valence-electron chi connectivity index (χ2n) is 3.62. The van der Waals surface area contributed by atoms with Crippen molar-refractivity contribution in [3.05, 3.63) is 0 Å². The molecule has 1 amide bonds. The molecule has 4 N–H and O–H groups in total. The number of hydrogen-bond acceptors (Lipinski definition) is 5. The SMILES string of the molecule is COC(=O)NS(=O)(=O)NCC1(CN)CC1. The monoisotopic (exact) mass is 237 g/mol. The molecule has 0 aromatic carbocycles. The predicted octanol–water partition coefficient (Wildman–Crippen LogP) is -1.08. The van der Waals surface area contributed by atoms with Crippen molar-refractivity contribution in [2.75, 3.05) is 20.2 Å². The second kappa shape index (κ2) is 4.33. The first-order valence-electron chi connectivity index (χ1n) is 4.48. The number of methoxy groups -OCH3 is 1. The normalized spacial score (nSPS) is 18.3. The zero-order valence-electron chi connectivity index (χ0n) is 8.45.